The maximum absolute atomic E-state index is 13.1. The Bertz CT molecular complexity index is 1070. The van der Waals surface area contributed by atoms with Crippen molar-refractivity contribution in [3.8, 4) is 11.3 Å². The Morgan fingerprint density at radius 1 is 1.10 bits per heavy atom. The summed E-state index contributed by atoms with van der Waals surface area (Å²) >= 11 is 0. The second-order valence-corrected chi connectivity index (χ2v) is 6.75. The van der Waals surface area contributed by atoms with Crippen molar-refractivity contribution >= 4 is 23.2 Å². The molecule has 2 aromatic heterocycles. The van der Waals surface area contributed by atoms with Gasteiger partial charge in [0.15, 0.2) is 5.82 Å². The number of pyridine rings is 1. The van der Waals surface area contributed by atoms with Crippen molar-refractivity contribution in [3.63, 3.8) is 0 Å². The van der Waals surface area contributed by atoms with Gasteiger partial charge in [-0.05, 0) is 24.3 Å². The molecule has 0 bridgehead atoms. The topological polar surface area (TPSA) is 74.2 Å². The molecule has 0 saturated carbocycles. The van der Waals surface area contributed by atoms with Gasteiger partial charge in [0.1, 0.15) is 6.33 Å². The van der Waals surface area contributed by atoms with E-state index in [-0.39, 0.29) is 0 Å². The largest absolute Gasteiger partial charge is 0.416 e. The lowest BCUT2D eigenvalue weighted by molar-refractivity contribution is -0.137. The van der Waals surface area contributed by atoms with Gasteiger partial charge in [-0.25, -0.2) is 19.7 Å². The SMILES string of the molecule is CN1CCN(C(=O)Nc2cncnc2)c2nc(-c3cccc(C(F)(F)F)c3)ccc21. The van der Waals surface area contributed by atoms with E-state index < -0.39 is 17.8 Å². The smallest absolute Gasteiger partial charge is 0.370 e. The summed E-state index contributed by atoms with van der Waals surface area (Å²) in [7, 11) is 1.87. The third-order valence-electron chi connectivity index (χ3n) is 4.72. The Labute approximate surface area is 170 Å². The zero-order valence-electron chi connectivity index (χ0n) is 15.9. The highest BCUT2D eigenvalue weighted by Crippen LogP contribution is 2.35. The van der Waals surface area contributed by atoms with Crippen LogP contribution in [0.25, 0.3) is 11.3 Å². The van der Waals surface area contributed by atoms with Crippen molar-refractivity contribution in [1.29, 1.82) is 0 Å². The predicted molar refractivity (Wildman–Crippen MR) is 106 cm³/mol. The highest BCUT2D eigenvalue weighted by atomic mass is 19.4. The van der Waals surface area contributed by atoms with Crippen molar-refractivity contribution in [2.45, 2.75) is 6.18 Å². The van der Waals surface area contributed by atoms with Gasteiger partial charge in [-0.1, -0.05) is 12.1 Å². The van der Waals surface area contributed by atoms with E-state index in [0.717, 1.165) is 12.1 Å². The molecule has 0 radical (unpaired) electrons. The molecule has 7 nitrogen and oxygen atoms in total. The van der Waals surface area contributed by atoms with Crippen LogP contribution in [0.1, 0.15) is 5.56 Å². The molecule has 3 heterocycles. The summed E-state index contributed by atoms with van der Waals surface area (Å²) in [4.78, 5) is 28.5. The second kappa shape index (κ2) is 7.62. The van der Waals surface area contributed by atoms with Gasteiger partial charge < -0.3 is 10.2 Å². The molecule has 1 aliphatic heterocycles. The molecule has 2 amide bonds. The number of halogens is 3. The molecule has 1 aliphatic rings. The van der Waals surface area contributed by atoms with Crippen molar-refractivity contribution < 1.29 is 18.0 Å². The maximum atomic E-state index is 13.1. The first kappa shape index (κ1) is 19.6. The zero-order chi connectivity index (χ0) is 21.3. The number of rotatable bonds is 2. The van der Waals surface area contributed by atoms with E-state index in [9.17, 15) is 18.0 Å². The summed E-state index contributed by atoms with van der Waals surface area (Å²) in [5.41, 5.74) is 1.04. The van der Waals surface area contributed by atoms with Crippen LogP contribution in [0.3, 0.4) is 0 Å². The van der Waals surface area contributed by atoms with Crippen LogP contribution >= 0.6 is 0 Å². The van der Waals surface area contributed by atoms with Crippen LogP contribution in [0.5, 0.6) is 0 Å². The fourth-order valence-corrected chi connectivity index (χ4v) is 3.18. The summed E-state index contributed by atoms with van der Waals surface area (Å²) in [6, 6.07) is 7.94. The third kappa shape index (κ3) is 3.88. The molecule has 10 heteroatoms. The lowest BCUT2D eigenvalue weighted by Crippen LogP contribution is -2.45. The molecule has 154 valence electrons. The lowest BCUT2D eigenvalue weighted by Gasteiger charge is -2.34. The number of hydrogen-bond acceptors (Lipinski definition) is 5. The van der Waals surface area contributed by atoms with E-state index in [2.05, 4.69) is 20.3 Å². The first-order valence-electron chi connectivity index (χ1n) is 9.06. The molecule has 0 saturated heterocycles. The van der Waals surface area contributed by atoms with Gasteiger partial charge in [0.05, 0.1) is 35.0 Å². The highest BCUT2D eigenvalue weighted by molar-refractivity contribution is 6.03. The number of benzene rings is 1. The van der Waals surface area contributed by atoms with Gasteiger partial charge in [0, 0.05) is 25.7 Å². The van der Waals surface area contributed by atoms with E-state index in [1.165, 1.54) is 29.7 Å². The van der Waals surface area contributed by atoms with Gasteiger partial charge in [-0.15, -0.1) is 0 Å². The molecule has 0 atom stereocenters. The van der Waals surface area contributed by atoms with Crippen molar-refractivity contribution in [2.24, 2.45) is 0 Å². The Morgan fingerprint density at radius 2 is 1.87 bits per heavy atom. The Kier molecular flexibility index (Phi) is 4.98. The fourth-order valence-electron chi connectivity index (χ4n) is 3.18. The number of likely N-dealkylation sites (N-methyl/N-ethyl adjacent to an activating group) is 1. The Balaban J connectivity index is 1.70. The van der Waals surface area contributed by atoms with Gasteiger partial charge in [0.2, 0.25) is 0 Å². The zero-order valence-corrected chi connectivity index (χ0v) is 15.9. The number of urea groups is 1. The quantitative estimate of drug-likeness (QED) is 0.685. The predicted octanol–water partition coefficient (Wildman–Crippen LogP) is 4.05. The molecule has 0 fully saturated rings. The van der Waals surface area contributed by atoms with Crippen LogP contribution in [0, 0.1) is 0 Å². The monoisotopic (exact) mass is 414 g/mol. The number of nitrogens with one attached hydrogen (secondary N) is 1. The molecule has 1 N–H and O–H groups in total. The number of alkyl halides is 3. The number of nitrogens with zero attached hydrogens (tertiary/aromatic N) is 5. The van der Waals surface area contributed by atoms with E-state index in [1.54, 1.807) is 18.2 Å². The minimum atomic E-state index is -4.45. The molecule has 30 heavy (non-hydrogen) atoms. The first-order chi connectivity index (χ1) is 14.3. The standard InChI is InChI=1S/C20H17F3N6O/c1-28-7-8-29(19(30)26-15-10-24-12-25-11-15)18-17(28)6-5-16(27-18)13-3-2-4-14(9-13)20(21,22)23/h2-6,9-12H,7-8H2,1H3,(H,26,30). The number of anilines is 3. The van der Waals surface area contributed by atoms with Crippen LogP contribution in [0.4, 0.5) is 35.2 Å². The average Bonchev–Trinajstić information content (AvgIpc) is 2.74. The van der Waals surface area contributed by atoms with Gasteiger partial charge in [-0.2, -0.15) is 13.2 Å². The van der Waals surface area contributed by atoms with Gasteiger partial charge in [-0.3, -0.25) is 4.90 Å². The summed E-state index contributed by atoms with van der Waals surface area (Å²) < 4.78 is 39.3. The summed E-state index contributed by atoms with van der Waals surface area (Å²) in [6.07, 6.45) is -0.166. The lowest BCUT2D eigenvalue weighted by atomic mass is 10.1. The summed E-state index contributed by atoms with van der Waals surface area (Å²) in [5, 5.41) is 2.71. The van der Waals surface area contributed by atoms with E-state index in [1.807, 2.05) is 11.9 Å². The molecule has 1 aromatic carbocycles. The molecular weight excluding hydrogens is 397 g/mol. The number of carbonyl (C=O) groups excluding carboxylic acids is 1. The van der Waals surface area contributed by atoms with Crippen LogP contribution in [0.2, 0.25) is 0 Å². The first-order valence-corrected chi connectivity index (χ1v) is 9.06. The Hall–Kier alpha value is -3.69. The molecule has 0 spiro atoms. The highest BCUT2D eigenvalue weighted by Gasteiger charge is 2.31. The van der Waals surface area contributed by atoms with E-state index in [0.29, 0.717) is 41.5 Å². The van der Waals surface area contributed by atoms with Crippen LogP contribution in [-0.4, -0.2) is 41.1 Å². The second-order valence-electron chi connectivity index (χ2n) is 6.75. The minimum absolute atomic E-state index is 0.317. The van der Waals surface area contributed by atoms with Gasteiger partial charge in [0.25, 0.3) is 0 Å². The van der Waals surface area contributed by atoms with Crippen LogP contribution < -0.4 is 15.1 Å². The third-order valence-corrected chi connectivity index (χ3v) is 4.72. The number of hydrogen-bond donors (Lipinski definition) is 1. The summed E-state index contributed by atoms with van der Waals surface area (Å²) in [6.45, 7) is 0.943. The average molecular weight is 414 g/mol. The number of fused-ring (bicyclic) bond motifs is 1. The number of aromatic nitrogens is 3. The van der Waals surface area contributed by atoms with Crippen molar-refractivity contribution in [2.75, 3.05) is 35.3 Å². The number of amides is 2. The molecular formula is C20H17F3N6O. The van der Waals surface area contributed by atoms with Gasteiger partial charge >= 0.3 is 12.2 Å². The van der Waals surface area contributed by atoms with E-state index in [4.69, 9.17) is 0 Å². The van der Waals surface area contributed by atoms with Crippen molar-refractivity contribution in [1.82, 2.24) is 15.0 Å². The molecule has 3 aromatic rings. The van der Waals surface area contributed by atoms with E-state index >= 15 is 0 Å². The van der Waals surface area contributed by atoms with Crippen molar-refractivity contribution in [3.05, 3.63) is 60.7 Å². The fraction of sp³-hybridized carbons (Fsp3) is 0.200. The van der Waals surface area contributed by atoms with Crippen LogP contribution in [0.15, 0.2) is 55.1 Å². The molecule has 0 unspecified atom stereocenters. The Morgan fingerprint density at radius 3 is 2.60 bits per heavy atom. The minimum Gasteiger partial charge on any atom is -0.370 e. The number of carbonyl (C=O) groups is 1. The molecule has 4 rings (SSSR count). The maximum Gasteiger partial charge on any atom is 0.416 e. The molecule has 0 aliphatic carbocycles. The summed E-state index contributed by atoms with van der Waals surface area (Å²) in [5.74, 6) is 0.369. The van der Waals surface area contributed by atoms with Crippen LogP contribution in [-0.2, 0) is 6.18 Å². The normalized spacial score (nSPS) is 13.7.